The standard InChI is InChI=1S/C13H15N3O4S2/c1-9-3-4-10(2)13(12(9)16(17)18)22(19,20)15-6-5-11-14-7-8-21-11/h3-4,7-8,15H,5-6H2,1-2H3. The average molecular weight is 341 g/mol. The van der Waals surface area contributed by atoms with Gasteiger partial charge in [0.05, 0.1) is 9.93 Å². The molecule has 2 aromatic rings. The Kier molecular flexibility index (Phi) is 4.89. The molecule has 0 radical (unpaired) electrons. The van der Waals surface area contributed by atoms with E-state index in [4.69, 9.17) is 0 Å². The van der Waals surface area contributed by atoms with Gasteiger partial charge in [0.2, 0.25) is 10.0 Å². The van der Waals surface area contributed by atoms with Crippen molar-refractivity contribution in [3.63, 3.8) is 0 Å². The van der Waals surface area contributed by atoms with Crippen LogP contribution >= 0.6 is 11.3 Å². The van der Waals surface area contributed by atoms with Crippen molar-refractivity contribution >= 4 is 27.0 Å². The molecule has 0 amide bonds. The summed E-state index contributed by atoms with van der Waals surface area (Å²) in [6.45, 7) is 3.20. The highest BCUT2D eigenvalue weighted by Crippen LogP contribution is 2.30. The third-order valence-electron chi connectivity index (χ3n) is 3.10. The highest BCUT2D eigenvalue weighted by Gasteiger charge is 2.29. The lowest BCUT2D eigenvalue weighted by Crippen LogP contribution is -2.27. The number of nitro benzene ring substituents is 1. The highest BCUT2D eigenvalue weighted by molar-refractivity contribution is 7.89. The second kappa shape index (κ2) is 6.51. The van der Waals surface area contributed by atoms with Crippen molar-refractivity contribution in [3.8, 4) is 0 Å². The van der Waals surface area contributed by atoms with Crippen LogP contribution in [-0.2, 0) is 16.4 Å². The SMILES string of the molecule is Cc1ccc(C)c(S(=O)(=O)NCCc2nccs2)c1[N+](=O)[O-]. The van der Waals surface area contributed by atoms with E-state index in [1.165, 1.54) is 18.3 Å². The Bertz CT molecular complexity index is 786. The normalized spacial score (nSPS) is 11.5. The number of rotatable bonds is 6. The third-order valence-corrected chi connectivity index (χ3v) is 5.57. The number of aryl methyl sites for hydroxylation is 2. The van der Waals surface area contributed by atoms with Crippen LogP contribution in [0.3, 0.4) is 0 Å². The van der Waals surface area contributed by atoms with Gasteiger partial charge in [0, 0.05) is 30.1 Å². The minimum absolute atomic E-state index is 0.139. The summed E-state index contributed by atoms with van der Waals surface area (Å²) < 4.78 is 27.3. The van der Waals surface area contributed by atoms with Crippen molar-refractivity contribution in [2.24, 2.45) is 0 Å². The van der Waals surface area contributed by atoms with Crippen molar-refractivity contribution in [2.75, 3.05) is 6.54 Å². The van der Waals surface area contributed by atoms with Gasteiger partial charge in [-0.05, 0) is 19.4 Å². The van der Waals surface area contributed by atoms with Gasteiger partial charge >= 0.3 is 0 Å². The lowest BCUT2D eigenvalue weighted by Gasteiger charge is -2.10. The Morgan fingerprint density at radius 1 is 1.32 bits per heavy atom. The van der Waals surface area contributed by atoms with Crippen LogP contribution in [0.25, 0.3) is 0 Å². The van der Waals surface area contributed by atoms with Crippen LogP contribution in [0.5, 0.6) is 0 Å². The van der Waals surface area contributed by atoms with Gasteiger partial charge in [-0.1, -0.05) is 12.1 Å². The van der Waals surface area contributed by atoms with Crippen LogP contribution in [0.15, 0.2) is 28.6 Å². The quantitative estimate of drug-likeness (QED) is 0.641. The molecule has 1 N–H and O–H groups in total. The number of nitrogens with zero attached hydrogens (tertiary/aromatic N) is 2. The first-order valence-electron chi connectivity index (χ1n) is 6.45. The molecule has 0 saturated carbocycles. The number of hydrogen-bond donors (Lipinski definition) is 1. The van der Waals surface area contributed by atoms with Crippen molar-refractivity contribution < 1.29 is 13.3 Å². The second-order valence-electron chi connectivity index (χ2n) is 4.71. The molecule has 0 fully saturated rings. The lowest BCUT2D eigenvalue weighted by molar-refractivity contribution is -0.388. The van der Waals surface area contributed by atoms with Gasteiger partial charge < -0.3 is 0 Å². The molecule has 0 saturated heterocycles. The molecule has 0 aliphatic rings. The summed E-state index contributed by atoms with van der Waals surface area (Å²) in [5.41, 5.74) is 0.289. The highest BCUT2D eigenvalue weighted by atomic mass is 32.2. The van der Waals surface area contributed by atoms with E-state index in [1.54, 1.807) is 30.6 Å². The van der Waals surface area contributed by atoms with Gasteiger partial charge in [-0.3, -0.25) is 10.1 Å². The summed E-state index contributed by atoms with van der Waals surface area (Å²) in [7, 11) is -3.96. The molecule has 9 heteroatoms. The minimum atomic E-state index is -3.96. The van der Waals surface area contributed by atoms with E-state index in [0.717, 1.165) is 5.01 Å². The molecule has 0 bridgehead atoms. The van der Waals surface area contributed by atoms with Crippen LogP contribution in [0.1, 0.15) is 16.1 Å². The van der Waals surface area contributed by atoms with Gasteiger partial charge in [-0.2, -0.15) is 0 Å². The zero-order chi connectivity index (χ0) is 16.3. The van der Waals surface area contributed by atoms with Gasteiger partial charge in [0.1, 0.15) is 0 Å². The van der Waals surface area contributed by atoms with Crippen molar-refractivity contribution in [1.29, 1.82) is 0 Å². The van der Waals surface area contributed by atoms with Crippen LogP contribution in [-0.4, -0.2) is 24.9 Å². The summed E-state index contributed by atoms with van der Waals surface area (Å²) in [5.74, 6) is 0. The molecule has 1 aromatic heterocycles. The Hall–Kier alpha value is -1.84. The average Bonchev–Trinajstić information content (AvgIpc) is 2.93. The van der Waals surface area contributed by atoms with E-state index in [2.05, 4.69) is 9.71 Å². The van der Waals surface area contributed by atoms with Crippen molar-refractivity contribution in [1.82, 2.24) is 9.71 Å². The minimum Gasteiger partial charge on any atom is -0.258 e. The molecule has 2 rings (SSSR count). The molecule has 0 spiro atoms. The maximum atomic E-state index is 12.4. The monoisotopic (exact) mass is 341 g/mol. The number of hydrogen-bond acceptors (Lipinski definition) is 6. The van der Waals surface area contributed by atoms with Gasteiger partial charge in [-0.25, -0.2) is 18.1 Å². The van der Waals surface area contributed by atoms with Crippen LogP contribution < -0.4 is 4.72 Å². The molecule has 22 heavy (non-hydrogen) atoms. The van der Waals surface area contributed by atoms with E-state index in [9.17, 15) is 18.5 Å². The molecule has 1 heterocycles. The fourth-order valence-corrected chi connectivity index (χ4v) is 4.20. The van der Waals surface area contributed by atoms with E-state index >= 15 is 0 Å². The number of sulfonamides is 1. The van der Waals surface area contributed by atoms with Crippen LogP contribution in [0, 0.1) is 24.0 Å². The Labute approximate surface area is 132 Å². The number of nitro groups is 1. The number of thiazole rings is 1. The van der Waals surface area contributed by atoms with Crippen LogP contribution in [0.2, 0.25) is 0 Å². The maximum absolute atomic E-state index is 12.4. The van der Waals surface area contributed by atoms with Gasteiger partial charge in [-0.15, -0.1) is 11.3 Å². The van der Waals surface area contributed by atoms with Crippen LogP contribution in [0.4, 0.5) is 5.69 Å². The predicted octanol–water partition coefficient (Wildman–Crippen LogP) is 2.19. The lowest BCUT2D eigenvalue weighted by atomic mass is 10.1. The number of nitrogens with one attached hydrogen (secondary N) is 1. The molecular formula is C13H15N3O4S2. The zero-order valence-corrected chi connectivity index (χ0v) is 13.7. The Balaban J connectivity index is 2.29. The third kappa shape index (κ3) is 3.49. The van der Waals surface area contributed by atoms with Crippen molar-refractivity contribution in [3.05, 3.63) is 50.0 Å². The van der Waals surface area contributed by atoms with Gasteiger partial charge in [0.15, 0.2) is 4.90 Å². The molecule has 0 atom stereocenters. The van der Waals surface area contributed by atoms with E-state index < -0.39 is 14.9 Å². The molecule has 7 nitrogen and oxygen atoms in total. The summed E-state index contributed by atoms with van der Waals surface area (Å²) in [4.78, 5) is 14.3. The summed E-state index contributed by atoms with van der Waals surface area (Å²) in [6.07, 6.45) is 2.08. The molecule has 0 aliphatic carbocycles. The first-order valence-corrected chi connectivity index (χ1v) is 8.82. The molecule has 118 valence electrons. The fraction of sp³-hybridized carbons (Fsp3) is 0.308. The topological polar surface area (TPSA) is 102 Å². The number of aromatic nitrogens is 1. The predicted molar refractivity (Wildman–Crippen MR) is 83.6 cm³/mol. The van der Waals surface area contributed by atoms with Crippen molar-refractivity contribution in [2.45, 2.75) is 25.2 Å². The fourth-order valence-electron chi connectivity index (χ4n) is 2.08. The molecular weight excluding hydrogens is 326 g/mol. The maximum Gasteiger partial charge on any atom is 0.292 e. The Morgan fingerprint density at radius 3 is 2.59 bits per heavy atom. The largest absolute Gasteiger partial charge is 0.292 e. The Morgan fingerprint density at radius 2 is 2.00 bits per heavy atom. The molecule has 0 aliphatic heterocycles. The first-order chi connectivity index (χ1) is 10.3. The summed E-state index contributed by atoms with van der Waals surface area (Å²) in [5, 5.41) is 13.8. The first kappa shape index (κ1) is 16.5. The number of benzene rings is 1. The van der Waals surface area contributed by atoms with E-state index in [-0.39, 0.29) is 17.1 Å². The zero-order valence-electron chi connectivity index (χ0n) is 12.1. The van der Waals surface area contributed by atoms with E-state index in [0.29, 0.717) is 17.5 Å². The summed E-state index contributed by atoms with van der Waals surface area (Å²) in [6, 6.07) is 3.11. The molecule has 1 aromatic carbocycles. The van der Waals surface area contributed by atoms with E-state index in [1.807, 2.05) is 0 Å². The van der Waals surface area contributed by atoms with Gasteiger partial charge in [0.25, 0.3) is 5.69 Å². The smallest absolute Gasteiger partial charge is 0.258 e. The summed E-state index contributed by atoms with van der Waals surface area (Å²) >= 11 is 1.43. The second-order valence-corrected chi connectivity index (χ2v) is 7.39. The molecule has 0 unspecified atom stereocenters.